The van der Waals surface area contributed by atoms with Crippen LogP contribution in [-0.4, -0.2) is 21.1 Å². The topological polar surface area (TPSA) is 78.7 Å². The lowest BCUT2D eigenvalue weighted by atomic mass is 9.99. The molecule has 1 amide bonds. The van der Waals surface area contributed by atoms with Crippen LogP contribution < -0.4 is 5.32 Å². The minimum atomic E-state index is -0.528. The molecule has 39 heavy (non-hydrogen) atoms. The lowest BCUT2D eigenvalue weighted by Crippen LogP contribution is -2.24. The fourth-order valence-electron chi connectivity index (χ4n) is 4.07. The summed E-state index contributed by atoms with van der Waals surface area (Å²) in [6, 6.07) is 29.5. The van der Waals surface area contributed by atoms with Crippen LogP contribution >= 0.6 is 23.1 Å². The molecule has 0 fully saturated rings. The van der Waals surface area contributed by atoms with Gasteiger partial charge in [0, 0.05) is 22.1 Å². The molecule has 0 bridgehead atoms. The Morgan fingerprint density at radius 2 is 1.62 bits per heavy atom. The van der Waals surface area contributed by atoms with Crippen LogP contribution in [-0.2, 0) is 4.79 Å². The van der Waals surface area contributed by atoms with Crippen LogP contribution in [0, 0.1) is 17.1 Å². The van der Waals surface area contributed by atoms with Crippen LogP contribution in [0.3, 0.4) is 0 Å². The second-order valence-electron chi connectivity index (χ2n) is 8.63. The quantitative estimate of drug-likeness (QED) is 0.198. The monoisotopic (exact) mass is 550 g/mol. The number of carbonyl (C=O) groups is 1. The summed E-state index contributed by atoms with van der Waals surface area (Å²) >= 11 is 2.59. The van der Waals surface area contributed by atoms with Gasteiger partial charge >= 0.3 is 0 Å². The molecule has 5 rings (SSSR count). The van der Waals surface area contributed by atoms with Gasteiger partial charge in [0.05, 0.1) is 22.2 Å². The molecule has 0 aliphatic rings. The van der Waals surface area contributed by atoms with E-state index in [0.717, 1.165) is 16.8 Å². The van der Waals surface area contributed by atoms with Crippen LogP contribution in [0.4, 0.5) is 9.52 Å². The van der Waals surface area contributed by atoms with Crippen molar-refractivity contribution >= 4 is 34.1 Å². The van der Waals surface area contributed by atoms with Gasteiger partial charge in [-0.2, -0.15) is 5.26 Å². The normalized spacial score (nSPS) is 11.5. The van der Waals surface area contributed by atoms with Crippen molar-refractivity contribution in [2.75, 3.05) is 5.32 Å². The summed E-state index contributed by atoms with van der Waals surface area (Å²) in [5, 5.41) is 15.4. The molecular weight excluding hydrogens is 528 g/mol. The molecule has 8 heteroatoms. The number of benzene rings is 3. The predicted molar refractivity (Wildman–Crippen MR) is 156 cm³/mol. The molecule has 0 aliphatic carbocycles. The predicted octanol–water partition coefficient (Wildman–Crippen LogP) is 8.06. The van der Waals surface area contributed by atoms with Gasteiger partial charge < -0.3 is 5.32 Å². The van der Waals surface area contributed by atoms with E-state index in [1.54, 1.807) is 18.2 Å². The fourth-order valence-corrected chi connectivity index (χ4v) is 5.82. The first kappa shape index (κ1) is 26.3. The zero-order valence-electron chi connectivity index (χ0n) is 21.0. The van der Waals surface area contributed by atoms with E-state index in [-0.39, 0.29) is 5.91 Å². The molecule has 0 radical (unpaired) electrons. The molecule has 0 aliphatic heterocycles. The van der Waals surface area contributed by atoms with Gasteiger partial charge in [-0.3, -0.25) is 4.79 Å². The van der Waals surface area contributed by atoms with Gasteiger partial charge in [0.15, 0.2) is 5.13 Å². The lowest BCUT2D eigenvalue weighted by Gasteiger charge is -2.17. The first-order valence-electron chi connectivity index (χ1n) is 12.3. The van der Waals surface area contributed by atoms with Crippen LogP contribution in [0.15, 0.2) is 101 Å². The minimum Gasteiger partial charge on any atom is -0.301 e. The number of hydrogen-bond acceptors (Lipinski definition) is 6. The smallest absolute Gasteiger partial charge is 0.239 e. The van der Waals surface area contributed by atoms with Gasteiger partial charge in [-0.15, -0.1) is 11.3 Å². The molecule has 0 saturated heterocycles. The summed E-state index contributed by atoms with van der Waals surface area (Å²) in [7, 11) is 0. The molecule has 5 aromatic rings. The van der Waals surface area contributed by atoms with Crippen molar-refractivity contribution in [1.82, 2.24) is 9.97 Å². The van der Waals surface area contributed by atoms with Crippen molar-refractivity contribution in [2.45, 2.75) is 23.6 Å². The first-order chi connectivity index (χ1) is 19.1. The third-order valence-electron chi connectivity index (χ3n) is 6.02. The zero-order chi connectivity index (χ0) is 27.2. The number of amides is 1. The molecule has 1 unspecified atom stereocenters. The Kier molecular flexibility index (Phi) is 8.11. The first-order valence-corrected chi connectivity index (χ1v) is 14.1. The minimum absolute atomic E-state index is 0.223. The summed E-state index contributed by atoms with van der Waals surface area (Å²) in [4.78, 5) is 22.7. The van der Waals surface area contributed by atoms with Crippen molar-refractivity contribution in [3.63, 3.8) is 0 Å². The fraction of sp³-hybridized carbons (Fsp3) is 0.0968. The van der Waals surface area contributed by atoms with Gasteiger partial charge in [0.25, 0.3) is 0 Å². The van der Waals surface area contributed by atoms with Crippen LogP contribution in [0.1, 0.15) is 18.9 Å². The molecular formula is C31H23FN4OS2. The van der Waals surface area contributed by atoms with E-state index in [1.165, 1.54) is 35.2 Å². The Bertz CT molecular complexity index is 1650. The number of pyridine rings is 1. The van der Waals surface area contributed by atoms with Crippen molar-refractivity contribution in [3.8, 4) is 39.7 Å². The SMILES string of the molecule is CCC(Sc1nc(-c2ccccc2)cc(-c2cccc(F)c2)c1C#N)C(=O)Nc1nc(-c2ccccc2)cs1. The largest absolute Gasteiger partial charge is 0.301 e. The highest BCUT2D eigenvalue weighted by Crippen LogP contribution is 2.37. The number of nitrogens with zero attached hydrogens (tertiary/aromatic N) is 3. The number of anilines is 1. The Labute approximate surface area is 234 Å². The third kappa shape index (κ3) is 6.06. The third-order valence-corrected chi connectivity index (χ3v) is 8.13. The number of carbonyl (C=O) groups excluding carboxylic acids is 1. The van der Waals surface area contributed by atoms with E-state index in [4.69, 9.17) is 4.98 Å². The van der Waals surface area contributed by atoms with Gasteiger partial charge in [0.1, 0.15) is 16.9 Å². The summed E-state index contributed by atoms with van der Waals surface area (Å²) in [6.07, 6.45) is 0.505. The van der Waals surface area contributed by atoms with Crippen LogP contribution in [0.25, 0.3) is 33.6 Å². The summed E-state index contributed by atoms with van der Waals surface area (Å²) < 4.78 is 14.1. The highest BCUT2D eigenvalue weighted by molar-refractivity contribution is 8.00. The van der Waals surface area contributed by atoms with Crippen molar-refractivity contribution in [2.24, 2.45) is 0 Å². The number of thioether (sulfide) groups is 1. The Balaban J connectivity index is 1.48. The van der Waals surface area contributed by atoms with Gasteiger partial charge in [-0.05, 0) is 30.2 Å². The number of hydrogen-bond donors (Lipinski definition) is 1. The van der Waals surface area contributed by atoms with Crippen LogP contribution in [0.5, 0.6) is 0 Å². The maximum absolute atomic E-state index is 14.1. The van der Waals surface area contributed by atoms with Gasteiger partial charge in [-0.1, -0.05) is 91.5 Å². The van der Waals surface area contributed by atoms with Gasteiger partial charge in [-0.25, -0.2) is 14.4 Å². The van der Waals surface area contributed by atoms with E-state index in [1.807, 2.05) is 73.0 Å². The molecule has 192 valence electrons. The van der Waals surface area contributed by atoms with Gasteiger partial charge in [0.2, 0.25) is 5.91 Å². The van der Waals surface area contributed by atoms with E-state index in [2.05, 4.69) is 16.4 Å². The Morgan fingerprint density at radius 1 is 0.949 bits per heavy atom. The number of thiazole rings is 1. The number of nitriles is 1. The van der Waals surface area contributed by atoms with E-state index >= 15 is 0 Å². The summed E-state index contributed by atoms with van der Waals surface area (Å²) in [5.41, 5.74) is 4.70. The Morgan fingerprint density at radius 3 is 2.26 bits per heavy atom. The standard InChI is InChI=1S/C31H23FN4OS2/c1-2-28(29(37)36-31-35-27(19-38-31)21-12-7-4-8-13-21)39-30-25(18-33)24(22-14-9-15-23(32)16-22)17-26(34-30)20-10-5-3-6-11-20/h3-17,19,28H,2H2,1H3,(H,35,36,37). The molecule has 1 N–H and O–H groups in total. The van der Waals surface area contributed by atoms with Crippen molar-refractivity contribution < 1.29 is 9.18 Å². The molecule has 2 aromatic heterocycles. The number of nitrogens with one attached hydrogen (secondary N) is 1. The molecule has 2 heterocycles. The van der Waals surface area contributed by atoms with E-state index in [0.29, 0.717) is 39.0 Å². The second-order valence-corrected chi connectivity index (χ2v) is 10.7. The van der Waals surface area contributed by atoms with Crippen molar-refractivity contribution in [3.05, 3.63) is 108 Å². The average molecular weight is 551 g/mol. The number of halogens is 1. The molecule has 3 aromatic carbocycles. The summed E-state index contributed by atoms with van der Waals surface area (Å²) in [6.45, 7) is 1.91. The zero-order valence-corrected chi connectivity index (χ0v) is 22.6. The number of aromatic nitrogens is 2. The Hall–Kier alpha value is -4.32. The van der Waals surface area contributed by atoms with Crippen LogP contribution in [0.2, 0.25) is 0 Å². The molecule has 0 saturated carbocycles. The number of rotatable bonds is 8. The molecule has 5 nitrogen and oxygen atoms in total. The maximum Gasteiger partial charge on any atom is 0.239 e. The molecule has 0 spiro atoms. The summed E-state index contributed by atoms with van der Waals surface area (Å²) in [5.74, 6) is -0.618. The van der Waals surface area contributed by atoms with Crippen molar-refractivity contribution in [1.29, 1.82) is 5.26 Å². The van der Waals surface area contributed by atoms with E-state index < -0.39 is 11.1 Å². The highest BCUT2D eigenvalue weighted by Gasteiger charge is 2.24. The lowest BCUT2D eigenvalue weighted by molar-refractivity contribution is -0.115. The maximum atomic E-state index is 14.1. The van der Waals surface area contributed by atoms with E-state index in [9.17, 15) is 14.4 Å². The highest BCUT2D eigenvalue weighted by atomic mass is 32.2. The second kappa shape index (κ2) is 12.0. The average Bonchev–Trinajstić information content (AvgIpc) is 3.44. The molecule has 1 atom stereocenters.